The van der Waals surface area contributed by atoms with Gasteiger partial charge in [0.2, 0.25) is 0 Å². The Kier molecular flexibility index (Phi) is 7.16. The maximum Gasteiger partial charge on any atom is 0.253 e. The van der Waals surface area contributed by atoms with E-state index in [0.29, 0.717) is 41.5 Å². The lowest BCUT2D eigenvalue weighted by molar-refractivity contribution is 0.178. The number of hydrogen-bond donors (Lipinski definition) is 1. The first-order chi connectivity index (χ1) is 19.1. The summed E-state index contributed by atoms with van der Waals surface area (Å²) in [5.74, 6) is 2.57. The van der Waals surface area contributed by atoms with Gasteiger partial charge >= 0.3 is 0 Å². The van der Waals surface area contributed by atoms with Crippen molar-refractivity contribution in [1.29, 1.82) is 0 Å². The van der Waals surface area contributed by atoms with E-state index in [1.165, 1.54) is 0 Å². The van der Waals surface area contributed by atoms with Crippen molar-refractivity contribution in [3.05, 3.63) is 86.5 Å². The van der Waals surface area contributed by atoms with E-state index in [2.05, 4.69) is 36.9 Å². The van der Waals surface area contributed by atoms with Gasteiger partial charge in [-0.1, -0.05) is 18.9 Å². The number of H-pyrrole nitrogens is 1. The number of tetrazole rings is 1. The molecule has 1 N–H and O–H groups in total. The van der Waals surface area contributed by atoms with Crippen molar-refractivity contribution in [1.82, 2.24) is 30.1 Å². The molecule has 0 unspecified atom stereocenters. The number of furan rings is 1. The molecule has 202 valence electrons. The molecule has 11 heteroatoms. The first-order valence-electron chi connectivity index (χ1n) is 13.0. The van der Waals surface area contributed by atoms with E-state index in [0.717, 1.165) is 41.7 Å². The second-order valence-corrected chi connectivity index (χ2v) is 10.8. The summed E-state index contributed by atoms with van der Waals surface area (Å²) in [6.07, 6.45) is 5.97. The molecule has 1 aliphatic rings. The van der Waals surface area contributed by atoms with Gasteiger partial charge in [-0.3, -0.25) is 9.69 Å². The highest BCUT2D eigenvalue weighted by Crippen LogP contribution is 2.37. The van der Waals surface area contributed by atoms with Gasteiger partial charge in [-0.2, -0.15) is 0 Å². The van der Waals surface area contributed by atoms with Crippen molar-refractivity contribution in [2.45, 2.75) is 50.9 Å². The lowest BCUT2D eigenvalue weighted by Gasteiger charge is -2.30. The van der Waals surface area contributed by atoms with E-state index in [-0.39, 0.29) is 11.6 Å². The predicted octanol–water partition coefficient (Wildman–Crippen LogP) is 5.09. The van der Waals surface area contributed by atoms with Crippen LogP contribution in [0.5, 0.6) is 11.5 Å². The number of thiophene rings is 1. The summed E-state index contributed by atoms with van der Waals surface area (Å²) in [7, 11) is 3.17. The summed E-state index contributed by atoms with van der Waals surface area (Å²) in [5, 5.41) is 15.9. The number of fused-ring (bicyclic) bond motifs is 1. The number of benzene rings is 1. The van der Waals surface area contributed by atoms with Crippen LogP contribution in [0.2, 0.25) is 0 Å². The van der Waals surface area contributed by atoms with Gasteiger partial charge in [-0.25, -0.2) is 4.68 Å². The molecule has 1 atom stereocenters. The van der Waals surface area contributed by atoms with Crippen LogP contribution in [0, 0.1) is 0 Å². The first-order valence-corrected chi connectivity index (χ1v) is 13.9. The molecule has 1 saturated carbocycles. The Morgan fingerprint density at radius 2 is 1.95 bits per heavy atom. The Bertz CT molecular complexity index is 1550. The van der Waals surface area contributed by atoms with E-state index in [1.807, 2.05) is 35.0 Å². The maximum absolute atomic E-state index is 13.8. The summed E-state index contributed by atoms with van der Waals surface area (Å²) >= 11 is 1.67. The highest BCUT2D eigenvalue weighted by Gasteiger charge is 2.34. The van der Waals surface area contributed by atoms with E-state index < -0.39 is 6.04 Å². The summed E-state index contributed by atoms with van der Waals surface area (Å²) in [6, 6.07) is 13.2. The number of aromatic nitrogens is 5. The smallest absolute Gasteiger partial charge is 0.253 e. The highest BCUT2D eigenvalue weighted by atomic mass is 32.1. The van der Waals surface area contributed by atoms with Gasteiger partial charge in [0, 0.05) is 28.4 Å². The van der Waals surface area contributed by atoms with Crippen LogP contribution in [0.15, 0.2) is 63.3 Å². The van der Waals surface area contributed by atoms with Gasteiger partial charge in [0.25, 0.3) is 5.56 Å². The van der Waals surface area contributed by atoms with E-state index in [4.69, 9.17) is 13.9 Å². The average Bonchev–Trinajstić information content (AvgIpc) is 3.76. The van der Waals surface area contributed by atoms with Crippen molar-refractivity contribution in [2.24, 2.45) is 0 Å². The van der Waals surface area contributed by atoms with Crippen LogP contribution >= 0.6 is 11.3 Å². The maximum atomic E-state index is 13.8. The van der Waals surface area contributed by atoms with E-state index in [9.17, 15) is 4.79 Å². The largest absolute Gasteiger partial charge is 0.493 e. The molecular formula is C28H30N6O4S. The monoisotopic (exact) mass is 546 g/mol. The molecule has 0 aliphatic heterocycles. The number of rotatable bonds is 10. The summed E-state index contributed by atoms with van der Waals surface area (Å²) in [4.78, 5) is 20.3. The minimum atomic E-state index is -0.533. The molecule has 1 aromatic carbocycles. The molecule has 6 rings (SSSR count). The SMILES string of the molecule is COc1cc2cc([C@@H](c3nnnn3C3CCCC3)N(Cc3ccco3)Cc3cccs3)c(=O)[nH]c2cc1OC. The van der Waals surface area contributed by atoms with Crippen molar-refractivity contribution >= 4 is 22.2 Å². The second-order valence-electron chi connectivity index (χ2n) is 9.73. The fourth-order valence-electron chi connectivity index (χ4n) is 5.49. The third kappa shape index (κ3) is 5.07. The van der Waals surface area contributed by atoms with Gasteiger partial charge in [0.1, 0.15) is 11.8 Å². The van der Waals surface area contributed by atoms with Gasteiger partial charge in [-0.05, 0) is 59.0 Å². The Morgan fingerprint density at radius 1 is 1.13 bits per heavy atom. The number of nitrogens with one attached hydrogen (secondary N) is 1. The molecular weight excluding hydrogens is 516 g/mol. The molecule has 0 spiro atoms. The minimum Gasteiger partial charge on any atom is -0.493 e. The Balaban J connectivity index is 1.54. The predicted molar refractivity (Wildman–Crippen MR) is 147 cm³/mol. The van der Waals surface area contributed by atoms with Crippen LogP contribution < -0.4 is 15.0 Å². The van der Waals surface area contributed by atoms with Gasteiger partial charge in [0.15, 0.2) is 17.3 Å². The first kappa shape index (κ1) is 25.3. The lowest BCUT2D eigenvalue weighted by atomic mass is 10.0. The number of nitrogens with zero attached hydrogens (tertiary/aromatic N) is 5. The molecule has 1 aliphatic carbocycles. The van der Waals surface area contributed by atoms with Gasteiger partial charge in [0.05, 0.1) is 38.6 Å². The van der Waals surface area contributed by atoms with Gasteiger partial charge in [-0.15, -0.1) is 16.4 Å². The molecule has 4 heterocycles. The van der Waals surface area contributed by atoms with Crippen molar-refractivity contribution in [3.63, 3.8) is 0 Å². The number of aromatic amines is 1. The van der Waals surface area contributed by atoms with Gasteiger partial charge < -0.3 is 18.9 Å². The highest BCUT2D eigenvalue weighted by molar-refractivity contribution is 7.09. The number of pyridine rings is 1. The van der Waals surface area contributed by atoms with Crippen molar-refractivity contribution < 1.29 is 13.9 Å². The molecule has 1 fully saturated rings. The number of methoxy groups -OCH3 is 2. The molecule has 4 aromatic heterocycles. The van der Waals surface area contributed by atoms with Crippen LogP contribution in [0.4, 0.5) is 0 Å². The Morgan fingerprint density at radius 3 is 2.67 bits per heavy atom. The third-order valence-electron chi connectivity index (χ3n) is 7.35. The Labute approximate surface area is 229 Å². The molecule has 0 amide bonds. The summed E-state index contributed by atoms with van der Waals surface area (Å²) in [5.41, 5.74) is 0.995. The molecule has 0 bridgehead atoms. The van der Waals surface area contributed by atoms with Crippen LogP contribution in [-0.2, 0) is 13.1 Å². The minimum absolute atomic E-state index is 0.202. The van der Waals surface area contributed by atoms with Crippen LogP contribution in [0.3, 0.4) is 0 Å². The molecule has 10 nitrogen and oxygen atoms in total. The van der Waals surface area contributed by atoms with E-state index in [1.54, 1.807) is 37.9 Å². The normalized spacial score (nSPS) is 14.8. The zero-order valence-corrected chi connectivity index (χ0v) is 22.7. The Hall–Kier alpha value is -3.96. The van der Waals surface area contributed by atoms with Crippen molar-refractivity contribution in [3.8, 4) is 11.5 Å². The average molecular weight is 547 g/mol. The fraction of sp³-hybridized carbons (Fsp3) is 0.357. The molecule has 5 aromatic rings. The van der Waals surface area contributed by atoms with Crippen LogP contribution in [-0.4, -0.2) is 44.3 Å². The number of hydrogen-bond acceptors (Lipinski definition) is 9. The summed E-state index contributed by atoms with van der Waals surface area (Å²) in [6.45, 7) is 1.06. The quantitative estimate of drug-likeness (QED) is 0.258. The molecule has 0 saturated heterocycles. The third-order valence-corrected chi connectivity index (χ3v) is 8.21. The molecule has 0 radical (unpaired) electrons. The molecule has 39 heavy (non-hydrogen) atoms. The standard InChI is InChI=1S/C28H30N6O4S/c1-36-24-14-18-13-22(28(35)29-23(18)15-25(24)37-2)26(27-30-31-32-34(27)19-7-3-4-8-19)33(16-20-9-5-11-38-20)17-21-10-6-12-39-21/h5-6,9-15,19,26H,3-4,7-8,16-17H2,1-2H3,(H,29,35)/t26-/m0/s1. The number of ether oxygens (including phenoxy) is 2. The zero-order valence-electron chi connectivity index (χ0n) is 21.9. The zero-order chi connectivity index (χ0) is 26.8. The van der Waals surface area contributed by atoms with E-state index >= 15 is 0 Å². The van der Waals surface area contributed by atoms with Crippen LogP contribution in [0.25, 0.3) is 10.9 Å². The van der Waals surface area contributed by atoms with Crippen LogP contribution in [0.1, 0.15) is 59.8 Å². The summed E-state index contributed by atoms with van der Waals surface area (Å²) < 4.78 is 18.7. The lowest BCUT2D eigenvalue weighted by Crippen LogP contribution is -2.35. The topological polar surface area (TPSA) is 111 Å². The fourth-order valence-corrected chi connectivity index (χ4v) is 6.21. The van der Waals surface area contributed by atoms with Crippen molar-refractivity contribution in [2.75, 3.05) is 14.2 Å². The second kappa shape index (κ2) is 11.0.